The van der Waals surface area contributed by atoms with Crippen molar-refractivity contribution in [2.75, 3.05) is 19.5 Å². The summed E-state index contributed by atoms with van der Waals surface area (Å²) in [5.41, 5.74) is 0.833. The Bertz CT molecular complexity index is 372. The summed E-state index contributed by atoms with van der Waals surface area (Å²) in [6.07, 6.45) is 0. The minimum absolute atomic E-state index is 0.294. The van der Waals surface area contributed by atoms with Crippen molar-refractivity contribution in [1.29, 1.82) is 0 Å². The van der Waals surface area contributed by atoms with E-state index in [0.29, 0.717) is 11.2 Å². The normalized spacial score (nSPS) is 9.94. The van der Waals surface area contributed by atoms with Crippen molar-refractivity contribution >= 4 is 23.0 Å². The van der Waals surface area contributed by atoms with Crippen LogP contribution in [0, 0.1) is 0 Å². The monoisotopic (exact) mass is 254 g/mol. The average molecular weight is 254 g/mol. The summed E-state index contributed by atoms with van der Waals surface area (Å²) in [4.78, 5) is 0. The first-order valence-corrected chi connectivity index (χ1v) is 5.76. The Hall–Kier alpha value is -1.49. The summed E-state index contributed by atoms with van der Waals surface area (Å²) in [7, 11) is 3.23. The van der Waals surface area contributed by atoms with Gasteiger partial charge in [-0.25, -0.2) is 0 Å². The fourth-order valence-electron chi connectivity index (χ4n) is 1.31. The summed E-state index contributed by atoms with van der Waals surface area (Å²) in [6, 6.07) is 5.82. The van der Waals surface area contributed by atoms with Gasteiger partial charge in [-0.2, -0.15) is 0 Å². The first-order chi connectivity index (χ1) is 8.05. The summed E-state index contributed by atoms with van der Waals surface area (Å²) in [5, 5.41) is 6.77. The molecule has 4 nitrogen and oxygen atoms in total. The molecule has 0 fully saturated rings. The minimum Gasteiger partial charge on any atom is -0.497 e. The molecular weight excluding hydrogens is 236 g/mol. The lowest BCUT2D eigenvalue weighted by Crippen LogP contribution is -2.33. The molecule has 0 saturated heterocycles. The number of thiocarbonyl (C=S) groups is 1. The van der Waals surface area contributed by atoms with E-state index in [0.717, 1.165) is 17.2 Å². The van der Waals surface area contributed by atoms with E-state index >= 15 is 0 Å². The maximum Gasteiger partial charge on any atom is 0.170 e. The highest BCUT2D eigenvalue weighted by atomic mass is 32.1. The van der Waals surface area contributed by atoms with Crippen LogP contribution in [0.25, 0.3) is 0 Å². The van der Waals surface area contributed by atoms with Crippen LogP contribution in [0.5, 0.6) is 11.5 Å². The van der Waals surface area contributed by atoms with Crippen LogP contribution in [-0.2, 0) is 0 Å². The number of methoxy groups -OCH3 is 2. The Labute approximate surface area is 107 Å². The van der Waals surface area contributed by atoms with E-state index in [1.165, 1.54) is 0 Å². The van der Waals surface area contributed by atoms with E-state index in [-0.39, 0.29) is 0 Å². The predicted octanol–water partition coefficient (Wildman–Crippen LogP) is 2.40. The highest BCUT2D eigenvalue weighted by Crippen LogP contribution is 2.25. The number of hydrogen-bond donors (Lipinski definition) is 2. The zero-order chi connectivity index (χ0) is 12.8. The number of ether oxygens (including phenoxy) is 2. The number of anilines is 1. The largest absolute Gasteiger partial charge is 0.497 e. The molecule has 0 aliphatic carbocycles. The molecule has 94 valence electrons. The van der Waals surface area contributed by atoms with Crippen molar-refractivity contribution < 1.29 is 9.47 Å². The van der Waals surface area contributed by atoms with Crippen molar-refractivity contribution in [2.24, 2.45) is 0 Å². The SMILES string of the molecule is COc1cc(NC(=S)NC(C)C)cc(OC)c1. The zero-order valence-electron chi connectivity index (χ0n) is 10.5. The minimum atomic E-state index is 0.294. The Balaban J connectivity index is 2.79. The molecule has 0 bridgehead atoms. The summed E-state index contributed by atoms with van der Waals surface area (Å²) in [5.74, 6) is 1.44. The highest BCUT2D eigenvalue weighted by molar-refractivity contribution is 7.80. The van der Waals surface area contributed by atoms with Gasteiger partial charge in [0, 0.05) is 29.9 Å². The number of rotatable bonds is 4. The Morgan fingerprint density at radius 1 is 1.12 bits per heavy atom. The van der Waals surface area contributed by atoms with E-state index in [1.54, 1.807) is 14.2 Å². The van der Waals surface area contributed by atoms with Gasteiger partial charge in [-0.15, -0.1) is 0 Å². The van der Waals surface area contributed by atoms with Crippen LogP contribution in [0.2, 0.25) is 0 Å². The second kappa shape index (κ2) is 6.30. The van der Waals surface area contributed by atoms with Gasteiger partial charge in [0.2, 0.25) is 0 Å². The fraction of sp³-hybridized carbons (Fsp3) is 0.417. The highest BCUT2D eigenvalue weighted by Gasteiger charge is 2.04. The van der Waals surface area contributed by atoms with Gasteiger partial charge < -0.3 is 20.1 Å². The van der Waals surface area contributed by atoms with Gasteiger partial charge in [-0.1, -0.05) is 0 Å². The standard InChI is InChI=1S/C12H18N2O2S/c1-8(2)13-12(17)14-9-5-10(15-3)7-11(6-9)16-4/h5-8H,1-4H3,(H2,13,14,17). The van der Waals surface area contributed by atoms with E-state index in [1.807, 2.05) is 32.0 Å². The summed E-state index contributed by atoms with van der Waals surface area (Å²) >= 11 is 5.17. The van der Waals surface area contributed by atoms with E-state index in [2.05, 4.69) is 10.6 Å². The Kier molecular flexibility index (Phi) is 5.03. The number of nitrogens with one attached hydrogen (secondary N) is 2. The van der Waals surface area contributed by atoms with Gasteiger partial charge in [0.05, 0.1) is 14.2 Å². The summed E-state index contributed by atoms with van der Waals surface area (Å²) < 4.78 is 10.4. The molecule has 0 aliphatic rings. The average Bonchev–Trinajstić information content (AvgIpc) is 2.27. The van der Waals surface area contributed by atoms with Gasteiger partial charge in [-0.05, 0) is 26.1 Å². The predicted molar refractivity (Wildman–Crippen MR) is 74.0 cm³/mol. The third-order valence-corrected chi connectivity index (χ3v) is 2.25. The lowest BCUT2D eigenvalue weighted by Gasteiger charge is -2.14. The second-order valence-corrected chi connectivity index (χ2v) is 4.26. The topological polar surface area (TPSA) is 42.5 Å². The van der Waals surface area contributed by atoms with Crippen molar-refractivity contribution in [3.05, 3.63) is 18.2 Å². The van der Waals surface area contributed by atoms with Crippen molar-refractivity contribution in [3.8, 4) is 11.5 Å². The fourth-order valence-corrected chi connectivity index (χ4v) is 1.66. The lowest BCUT2D eigenvalue weighted by atomic mass is 10.3. The molecule has 1 aromatic carbocycles. The molecule has 1 rings (SSSR count). The quantitative estimate of drug-likeness (QED) is 0.808. The second-order valence-electron chi connectivity index (χ2n) is 3.85. The Morgan fingerprint density at radius 3 is 2.06 bits per heavy atom. The van der Waals surface area contributed by atoms with Crippen molar-refractivity contribution in [3.63, 3.8) is 0 Å². The van der Waals surface area contributed by atoms with Crippen LogP contribution < -0.4 is 20.1 Å². The van der Waals surface area contributed by atoms with E-state index < -0.39 is 0 Å². The number of benzene rings is 1. The van der Waals surface area contributed by atoms with Crippen LogP contribution in [0.1, 0.15) is 13.8 Å². The van der Waals surface area contributed by atoms with E-state index in [4.69, 9.17) is 21.7 Å². The zero-order valence-corrected chi connectivity index (χ0v) is 11.4. The number of hydrogen-bond acceptors (Lipinski definition) is 3. The van der Waals surface area contributed by atoms with Crippen LogP contribution in [0.3, 0.4) is 0 Å². The van der Waals surface area contributed by atoms with Gasteiger partial charge in [0.15, 0.2) is 5.11 Å². The molecule has 0 amide bonds. The molecule has 0 unspecified atom stereocenters. The van der Waals surface area contributed by atoms with Gasteiger partial charge in [-0.3, -0.25) is 0 Å². The van der Waals surface area contributed by atoms with Crippen LogP contribution >= 0.6 is 12.2 Å². The molecule has 0 radical (unpaired) electrons. The van der Waals surface area contributed by atoms with Gasteiger partial charge in [0.1, 0.15) is 11.5 Å². The molecule has 5 heteroatoms. The molecule has 0 atom stereocenters. The molecule has 0 aliphatic heterocycles. The van der Waals surface area contributed by atoms with Gasteiger partial charge >= 0.3 is 0 Å². The maximum absolute atomic E-state index is 5.18. The van der Waals surface area contributed by atoms with Crippen molar-refractivity contribution in [2.45, 2.75) is 19.9 Å². The van der Waals surface area contributed by atoms with Gasteiger partial charge in [0.25, 0.3) is 0 Å². The van der Waals surface area contributed by atoms with E-state index in [9.17, 15) is 0 Å². The molecule has 0 spiro atoms. The molecule has 0 saturated carbocycles. The maximum atomic E-state index is 5.18. The first kappa shape index (κ1) is 13.6. The van der Waals surface area contributed by atoms with Crippen LogP contribution in [0.15, 0.2) is 18.2 Å². The molecule has 0 aromatic heterocycles. The molecule has 17 heavy (non-hydrogen) atoms. The van der Waals surface area contributed by atoms with Crippen LogP contribution in [0.4, 0.5) is 5.69 Å². The molecular formula is C12H18N2O2S. The summed E-state index contributed by atoms with van der Waals surface area (Å²) in [6.45, 7) is 4.06. The van der Waals surface area contributed by atoms with Crippen LogP contribution in [-0.4, -0.2) is 25.4 Å². The third-order valence-electron chi connectivity index (χ3n) is 2.03. The third kappa shape index (κ3) is 4.48. The molecule has 0 heterocycles. The molecule has 1 aromatic rings. The molecule has 2 N–H and O–H groups in total. The smallest absolute Gasteiger partial charge is 0.170 e. The van der Waals surface area contributed by atoms with Crippen molar-refractivity contribution in [1.82, 2.24) is 5.32 Å². The first-order valence-electron chi connectivity index (χ1n) is 5.35. The Morgan fingerprint density at radius 2 is 1.65 bits per heavy atom. The lowest BCUT2D eigenvalue weighted by molar-refractivity contribution is 0.395.